The van der Waals surface area contributed by atoms with Crippen LogP contribution in [0.1, 0.15) is 38.5 Å². The highest BCUT2D eigenvalue weighted by Gasteiger charge is 2.39. The lowest BCUT2D eigenvalue weighted by molar-refractivity contribution is -0.0542. The number of halogens is 2. The topological polar surface area (TPSA) is 64.3 Å². The number of alkyl carbamates (subject to hydrolysis) is 1. The smallest absolute Gasteiger partial charge is 0.407 e. The monoisotopic (exact) mass is 350 g/mol. The highest BCUT2D eigenvalue weighted by Crippen LogP contribution is 2.37. The van der Waals surface area contributed by atoms with Crippen LogP contribution < -0.4 is 11.1 Å². The normalized spacial score (nSPS) is 24.3. The first-order valence-electron chi connectivity index (χ1n) is 8.63. The van der Waals surface area contributed by atoms with E-state index in [1.807, 2.05) is 0 Å². The van der Waals surface area contributed by atoms with Gasteiger partial charge in [0, 0.05) is 33.5 Å². The van der Waals surface area contributed by atoms with Crippen LogP contribution in [0.25, 0.3) is 0 Å². The van der Waals surface area contributed by atoms with E-state index in [1.165, 1.54) is 0 Å². The van der Waals surface area contributed by atoms with Crippen molar-refractivity contribution < 1.29 is 18.3 Å². The van der Waals surface area contributed by atoms with Gasteiger partial charge in [-0.25, -0.2) is 13.6 Å². The van der Waals surface area contributed by atoms with Crippen molar-refractivity contribution in [1.29, 1.82) is 0 Å². The minimum atomic E-state index is -2.59. The minimum absolute atomic E-state index is 0.0486. The first kappa shape index (κ1) is 20.4. The Morgan fingerprint density at radius 2 is 2.04 bits per heavy atom. The molecule has 0 bridgehead atoms. The summed E-state index contributed by atoms with van der Waals surface area (Å²) in [6, 6.07) is 0.559. The van der Waals surface area contributed by atoms with Gasteiger partial charge in [-0.1, -0.05) is 26.1 Å². The standard InChI is InChI=1S/C16H32F2N2O2Si/c1-23(2,3)11-10-22-15(21)20-9-5-4-6-13-7-8-16(17,18)12-14(13)19/h13-14H,4-12,19H2,1-3H3,(H,20,21)/t13-,14-/m0/s1. The van der Waals surface area contributed by atoms with Crippen molar-refractivity contribution >= 4 is 14.2 Å². The molecule has 0 aromatic carbocycles. The molecular formula is C16H32F2N2O2Si. The van der Waals surface area contributed by atoms with Crippen molar-refractivity contribution in [1.82, 2.24) is 5.32 Å². The first-order chi connectivity index (χ1) is 10.6. The molecule has 136 valence electrons. The fraction of sp³-hybridized carbons (Fsp3) is 0.938. The first-order valence-corrected chi connectivity index (χ1v) is 12.3. The van der Waals surface area contributed by atoms with Crippen LogP contribution in [-0.4, -0.2) is 39.3 Å². The van der Waals surface area contributed by atoms with Gasteiger partial charge in [0.2, 0.25) is 5.92 Å². The van der Waals surface area contributed by atoms with Crippen molar-refractivity contribution in [3.63, 3.8) is 0 Å². The number of carbonyl (C=O) groups is 1. The van der Waals surface area contributed by atoms with Crippen molar-refractivity contribution in [2.24, 2.45) is 11.7 Å². The molecule has 23 heavy (non-hydrogen) atoms. The molecule has 0 spiro atoms. The van der Waals surface area contributed by atoms with Crippen LogP contribution in [0.2, 0.25) is 25.7 Å². The van der Waals surface area contributed by atoms with E-state index in [0.717, 1.165) is 25.3 Å². The molecule has 0 unspecified atom stereocenters. The van der Waals surface area contributed by atoms with Crippen LogP contribution in [-0.2, 0) is 4.74 Å². The van der Waals surface area contributed by atoms with Crippen molar-refractivity contribution in [2.45, 2.75) is 76.2 Å². The lowest BCUT2D eigenvalue weighted by Crippen LogP contribution is -2.41. The Labute approximate surface area is 139 Å². The lowest BCUT2D eigenvalue weighted by atomic mass is 9.80. The Kier molecular flexibility index (Phi) is 7.93. The summed E-state index contributed by atoms with van der Waals surface area (Å²) in [6.07, 6.45) is 2.45. The molecular weight excluding hydrogens is 318 g/mol. The second-order valence-electron chi connectivity index (χ2n) is 7.89. The maximum absolute atomic E-state index is 13.2. The molecule has 0 aliphatic heterocycles. The molecule has 1 fully saturated rings. The minimum Gasteiger partial charge on any atom is -0.450 e. The van der Waals surface area contributed by atoms with Crippen LogP contribution in [0.15, 0.2) is 0 Å². The molecule has 0 heterocycles. The Morgan fingerprint density at radius 1 is 1.35 bits per heavy atom. The third-order valence-electron chi connectivity index (χ3n) is 4.38. The predicted octanol–water partition coefficient (Wildman–Crippen LogP) is 3.98. The molecule has 7 heteroatoms. The fourth-order valence-corrected chi connectivity index (χ4v) is 3.52. The summed E-state index contributed by atoms with van der Waals surface area (Å²) >= 11 is 0. The molecule has 1 aliphatic rings. The molecule has 3 N–H and O–H groups in total. The van der Waals surface area contributed by atoms with Crippen LogP contribution in [0.4, 0.5) is 13.6 Å². The van der Waals surface area contributed by atoms with E-state index < -0.39 is 20.0 Å². The van der Waals surface area contributed by atoms with E-state index in [-0.39, 0.29) is 24.9 Å². The van der Waals surface area contributed by atoms with Crippen molar-refractivity contribution in [3.8, 4) is 0 Å². The highest BCUT2D eigenvalue weighted by atomic mass is 28.3. The summed E-state index contributed by atoms with van der Waals surface area (Å²) in [5.41, 5.74) is 5.84. The second-order valence-corrected chi connectivity index (χ2v) is 13.5. The number of rotatable bonds is 8. The van der Waals surface area contributed by atoms with Gasteiger partial charge in [0.15, 0.2) is 0 Å². The van der Waals surface area contributed by atoms with Gasteiger partial charge in [-0.15, -0.1) is 0 Å². The van der Waals surface area contributed by atoms with Gasteiger partial charge in [0.1, 0.15) is 0 Å². The molecule has 1 saturated carbocycles. The molecule has 0 aromatic rings. The van der Waals surface area contributed by atoms with Gasteiger partial charge in [-0.3, -0.25) is 0 Å². The molecule has 1 aliphatic carbocycles. The van der Waals surface area contributed by atoms with Crippen LogP contribution in [0, 0.1) is 5.92 Å². The van der Waals surface area contributed by atoms with Gasteiger partial charge in [0.25, 0.3) is 0 Å². The van der Waals surface area contributed by atoms with E-state index in [4.69, 9.17) is 10.5 Å². The number of ether oxygens (including phenoxy) is 1. The molecule has 2 atom stereocenters. The summed E-state index contributed by atoms with van der Waals surface area (Å²) in [5, 5.41) is 2.73. The second kappa shape index (κ2) is 8.96. The third-order valence-corrected chi connectivity index (χ3v) is 6.08. The Morgan fingerprint density at radius 3 is 2.65 bits per heavy atom. The number of amides is 1. The van der Waals surface area contributed by atoms with Gasteiger partial charge >= 0.3 is 6.09 Å². The van der Waals surface area contributed by atoms with E-state index in [2.05, 4.69) is 25.0 Å². The highest BCUT2D eigenvalue weighted by molar-refractivity contribution is 6.76. The van der Waals surface area contributed by atoms with Gasteiger partial charge in [-0.05, 0) is 31.2 Å². The number of nitrogens with two attached hydrogens (primary N) is 1. The number of alkyl halides is 2. The molecule has 0 radical (unpaired) electrons. The van der Waals surface area contributed by atoms with Crippen LogP contribution >= 0.6 is 0 Å². The molecule has 4 nitrogen and oxygen atoms in total. The summed E-state index contributed by atoms with van der Waals surface area (Å²) < 4.78 is 31.5. The summed E-state index contributed by atoms with van der Waals surface area (Å²) in [6.45, 7) is 7.75. The SMILES string of the molecule is C[Si](C)(C)CCOC(=O)NCCCC[C@H]1CCC(F)(F)C[C@@H]1N. The van der Waals surface area contributed by atoms with Crippen LogP contribution in [0.5, 0.6) is 0 Å². The van der Waals surface area contributed by atoms with Gasteiger partial charge < -0.3 is 15.8 Å². The number of unbranched alkanes of at least 4 members (excludes halogenated alkanes) is 1. The lowest BCUT2D eigenvalue weighted by Gasteiger charge is -2.33. The Balaban J connectivity index is 2.04. The average Bonchev–Trinajstić information content (AvgIpc) is 2.38. The zero-order valence-electron chi connectivity index (χ0n) is 14.7. The predicted molar refractivity (Wildman–Crippen MR) is 91.6 cm³/mol. The number of hydrogen-bond donors (Lipinski definition) is 2. The number of nitrogens with one attached hydrogen (secondary N) is 1. The van der Waals surface area contributed by atoms with E-state index in [0.29, 0.717) is 19.6 Å². The average molecular weight is 351 g/mol. The van der Waals surface area contributed by atoms with E-state index in [9.17, 15) is 13.6 Å². The largest absolute Gasteiger partial charge is 0.450 e. The Bertz CT molecular complexity index is 376. The Hall–Kier alpha value is -0.693. The maximum atomic E-state index is 13.2. The van der Waals surface area contributed by atoms with E-state index in [1.54, 1.807) is 0 Å². The number of carbonyl (C=O) groups excluding carboxylic acids is 1. The summed E-state index contributed by atoms with van der Waals surface area (Å²) in [4.78, 5) is 11.5. The quantitative estimate of drug-likeness (QED) is 0.514. The zero-order valence-corrected chi connectivity index (χ0v) is 15.7. The summed E-state index contributed by atoms with van der Waals surface area (Å²) in [5.74, 6) is -2.41. The molecule has 1 amide bonds. The zero-order chi connectivity index (χ0) is 17.5. The van der Waals surface area contributed by atoms with Crippen molar-refractivity contribution in [3.05, 3.63) is 0 Å². The molecule has 1 rings (SSSR count). The van der Waals surface area contributed by atoms with Crippen LogP contribution in [0.3, 0.4) is 0 Å². The number of hydrogen-bond acceptors (Lipinski definition) is 3. The van der Waals surface area contributed by atoms with E-state index >= 15 is 0 Å². The van der Waals surface area contributed by atoms with Gasteiger partial charge in [0.05, 0.1) is 6.61 Å². The molecule has 0 aromatic heterocycles. The fourth-order valence-electron chi connectivity index (χ4n) is 2.81. The maximum Gasteiger partial charge on any atom is 0.407 e. The molecule has 0 saturated heterocycles. The third kappa shape index (κ3) is 9.25. The van der Waals surface area contributed by atoms with Crippen molar-refractivity contribution in [2.75, 3.05) is 13.2 Å². The summed E-state index contributed by atoms with van der Waals surface area (Å²) in [7, 11) is -1.17. The van der Waals surface area contributed by atoms with Gasteiger partial charge in [-0.2, -0.15) is 0 Å².